The number of rotatable bonds is 3. The number of carbonyl (C=O) groups excluding carboxylic acids is 1. The summed E-state index contributed by atoms with van der Waals surface area (Å²) in [7, 11) is 0. The monoisotopic (exact) mass is 259 g/mol. The molecule has 0 aliphatic heterocycles. The molecule has 0 heterocycles. The van der Waals surface area contributed by atoms with Crippen molar-refractivity contribution in [2.75, 3.05) is 6.26 Å². The Morgan fingerprint density at radius 1 is 1.47 bits per heavy atom. The van der Waals surface area contributed by atoms with Crippen molar-refractivity contribution in [2.24, 2.45) is 0 Å². The van der Waals surface area contributed by atoms with Crippen LogP contribution in [-0.4, -0.2) is 12.0 Å². The van der Waals surface area contributed by atoms with Crippen LogP contribution in [0.5, 0.6) is 0 Å². The van der Waals surface area contributed by atoms with Gasteiger partial charge in [0.2, 0.25) is 0 Å². The second-order valence-corrected chi connectivity index (χ2v) is 4.02. The highest BCUT2D eigenvalue weighted by molar-refractivity contribution is 7.98. The number of Topliss-reactive ketones (excluding diaryl/α,β-unsaturated/α-hetero) is 1. The first-order chi connectivity index (χ1) is 7.90. The molecule has 0 unspecified atom stereocenters. The number of benzene rings is 1. The number of hydrogen-bond acceptors (Lipinski definition) is 3. The Morgan fingerprint density at radius 3 is 2.59 bits per heavy atom. The smallest absolute Gasteiger partial charge is 0.293 e. The molecule has 17 heavy (non-hydrogen) atoms. The summed E-state index contributed by atoms with van der Waals surface area (Å²) in [6.45, 7) is 0. The Bertz CT molecular complexity index is 477. The Morgan fingerprint density at radius 2 is 2.12 bits per heavy atom. The zero-order chi connectivity index (χ0) is 13.1. The summed E-state index contributed by atoms with van der Waals surface area (Å²) < 4.78 is 37.3. The van der Waals surface area contributed by atoms with E-state index in [2.05, 4.69) is 0 Å². The van der Waals surface area contributed by atoms with E-state index in [1.807, 2.05) is 0 Å². The van der Waals surface area contributed by atoms with Crippen molar-refractivity contribution in [3.05, 3.63) is 29.3 Å². The molecule has 0 bridgehead atoms. The molecule has 0 atom stereocenters. The lowest BCUT2D eigenvalue weighted by atomic mass is 10.1. The fourth-order valence-corrected chi connectivity index (χ4v) is 1.91. The maximum Gasteiger partial charge on any atom is 0.416 e. The van der Waals surface area contributed by atoms with Crippen molar-refractivity contribution in [1.29, 1.82) is 5.26 Å². The number of nitrogens with zero attached hydrogens (tertiary/aromatic N) is 1. The molecule has 0 radical (unpaired) electrons. The third-order valence-electron chi connectivity index (χ3n) is 2.07. The van der Waals surface area contributed by atoms with Gasteiger partial charge in [-0.1, -0.05) is 0 Å². The van der Waals surface area contributed by atoms with Gasteiger partial charge in [0.05, 0.1) is 18.1 Å². The zero-order valence-electron chi connectivity index (χ0n) is 8.84. The Kier molecular flexibility index (Phi) is 4.18. The van der Waals surface area contributed by atoms with Gasteiger partial charge < -0.3 is 0 Å². The van der Waals surface area contributed by atoms with E-state index in [4.69, 9.17) is 5.26 Å². The van der Waals surface area contributed by atoms with Gasteiger partial charge in [-0.25, -0.2) is 0 Å². The molecule has 1 rings (SSSR count). The van der Waals surface area contributed by atoms with Gasteiger partial charge >= 0.3 is 6.18 Å². The van der Waals surface area contributed by atoms with Crippen molar-refractivity contribution in [3.8, 4) is 6.07 Å². The summed E-state index contributed by atoms with van der Waals surface area (Å²) in [5, 5.41) is 8.39. The second-order valence-electron chi connectivity index (χ2n) is 3.17. The maximum absolute atomic E-state index is 12.4. The van der Waals surface area contributed by atoms with Crippen LogP contribution in [-0.2, 0) is 6.18 Å². The van der Waals surface area contributed by atoms with Crippen molar-refractivity contribution in [2.45, 2.75) is 17.5 Å². The number of thioether (sulfide) groups is 1. The van der Waals surface area contributed by atoms with Gasteiger partial charge in [0.15, 0.2) is 5.78 Å². The summed E-state index contributed by atoms with van der Waals surface area (Å²) in [4.78, 5) is 11.7. The molecule has 1 aromatic rings. The molecule has 0 fully saturated rings. The largest absolute Gasteiger partial charge is 0.416 e. The van der Waals surface area contributed by atoms with Crippen LogP contribution in [0.2, 0.25) is 0 Å². The molecule has 6 heteroatoms. The molecule has 0 saturated carbocycles. The molecule has 0 aliphatic rings. The lowest BCUT2D eigenvalue weighted by Gasteiger charge is -2.10. The quantitative estimate of drug-likeness (QED) is 0.616. The van der Waals surface area contributed by atoms with Crippen LogP contribution in [0.25, 0.3) is 0 Å². The van der Waals surface area contributed by atoms with Gasteiger partial charge in [0.1, 0.15) is 0 Å². The molecule has 0 amide bonds. The molecule has 1 aromatic carbocycles. The Balaban J connectivity index is 3.20. The fraction of sp³-hybridized carbons (Fsp3) is 0.273. The summed E-state index contributed by atoms with van der Waals surface area (Å²) in [5.41, 5.74) is -0.637. The Hall–Kier alpha value is -1.48. The summed E-state index contributed by atoms with van der Waals surface area (Å²) in [5.74, 6) is -0.467. The van der Waals surface area contributed by atoms with Crippen LogP contribution in [0.4, 0.5) is 13.2 Å². The molecule has 2 nitrogen and oxygen atoms in total. The average molecular weight is 259 g/mol. The number of halogens is 3. The number of nitriles is 1. The second kappa shape index (κ2) is 5.23. The van der Waals surface area contributed by atoms with Crippen LogP contribution in [0, 0.1) is 11.3 Å². The molecule has 0 spiro atoms. The van der Waals surface area contributed by atoms with Gasteiger partial charge in [0.25, 0.3) is 0 Å². The minimum absolute atomic E-state index is 0.159. The van der Waals surface area contributed by atoms with Gasteiger partial charge in [-0.2, -0.15) is 18.4 Å². The molecule has 0 aromatic heterocycles. The highest BCUT2D eigenvalue weighted by Gasteiger charge is 2.31. The van der Waals surface area contributed by atoms with E-state index in [1.54, 1.807) is 12.3 Å². The van der Waals surface area contributed by atoms with Gasteiger partial charge in [-0.15, -0.1) is 11.8 Å². The van der Waals surface area contributed by atoms with Crippen molar-refractivity contribution >= 4 is 17.5 Å². The maximum atomic E-state index is 12.4. The minimum Gasteiger partial charge on any atom is -0.293 e. The van der Waals surface area contributed by atoms with E-state index in [9.17, 15) is 18.0 Å². The molecular formula is C11H8F3NOS. The van der Waals surface area contributed by atoms with Crippen LogP contribution < -0.4 is 0 Å². The predicted octanol–water partition coefficient (Wildman–Crippen LogP) is 3.52. The van der Waals surface area contributed by atoms with Gasteiger partial charge in [0, 0.05) is 10.5 Å². The van der Waals surface area contributed by atoms with Gasteiger partial charge in [-0.3, -0.25) is 4.79 Å². The van der Waals surface area contributed by atoms with Crippen molar-refractivity contribution in [3.63, 3.8) is 0 Å². The van der Waals surface area contributed by atoms with Gasteiger partial charge in [-0.05, 0) is 24.5 Å². The van der Waals surface area contributed by atoms with E-state index < -0.39 is 17.5 Å². The predicted molar refractivity (Wildman–Crippen MR) is 57.8 cm³/mol. The first kappa shape index (κ1) is 13.6. The molecule has 0 saturated heterocycles. The molecular weight excluding hydrogens is 251 g/mol. The Labute approximate surface area is 100 Å². The summed E-state index contributed by atoms with van der Waals surface area (Å²) in [6.07, 6.45) is -3.18. The molecule has 0 aliphatic carbocycles. The van der Waals surface area contributed by atoms with Crippen molar-refractivity contribution in [1.82, 2.24) is 0 Å². The fourth-order valence-electron chi connectivity index (χ4n) is 1.26. The average Bonchev–Trinajstić information content (AvgIpc) is 2.27. The van der Waals surface area contributed by atoms with Crippen LogP contribution in [0.1, 0.15) is 22.3 Å². The number of hydrogen-bond donors (Lipinski definition) is 0. The number of ketones is 1. The van der Waals surface area contributed by atoms with E-state index in [-0.39, 0.29) is 16.9 Å². The summed E-state index contributed by atoms with van der Waals surface area (Å²) >= 11 is 1.05. The highest BCUT2D eigenvalue weighted by Crippen LogP contribution is 2.33. The van der Waals surface area contributed by atoms with E-state index in [1.165, 1.54) is 0 Å². The minimum atomic E-state index is -4.43. The standard InChI is InChI=1S/C11H8F3NOS/c1-17-10-6-7(11(12,13)14)2-3-8(10)9(16)4-5-15/h2-3,6H,4H2,1H3. The number of alkyl halides is 3. The zero-order valence-corrected chi connectivity index (χ0v) is 9.65. The third-order valence-corrected chi connectivity index (χ3v) is 2.85. The third kappa shape index (κ3) is 3.24. The van der Waals surface area contributed by atoms with Crippen LogP contribution in [0.3, 0.4) is 0 Å². The highest BCUT2D eigenvalue weighted by atomic mass is 32.2. The number of carbonyl (C=O) groups is 1. The molecule has 90 valence electrons. The lowest BCUT2D eigenvalue weighted by Crippen LogP contribution is -2.07. The van der Waals surface area contributed by atoms with E-state index in [0.29, 0.717) is 0 Å². The van der Waals surface area contributed by atoms with E-state index in [0.717, 1.165) is 30.0 Å². The first-order valence-electron chi connectivity index (χ1n) is 4.55. The normalized spacial score (nSPS) is 11.0. The summed E-state index contributed by atoms with van der Waals surface area (Å²) in [6, 6.07) is 4.58. The molecule has 0 N–H and O–H groups in total. The lowest BCUT2D eigenvalue weighted by molar-refractivity contribution is -0.137. The van der Waals surface area contributed by atoms with E-state index >= 15 is 0 Å². The van der Waals surface area contributed by atoms with Crippen molar-refractivity contribution < 1.29 is 18.0 Å². The topological polar surface area (TPSA) is 40.9 Å². The SMILES string of the molecule is CSc1cc(C(F)(F)F)ccc1C(=O)CC#N. The van der Waals surface area contributed by atoms with Crippen LogP contribution in [0.15, 0.2) is 23.1 Å². The first-order valence-corrected chi connectivity index (χ1v) is 5.78. The van der Waals surface area contributed by atoms with Crippen LogP contribution >= 0.6 is 11.8 Å².